The summed E-state index contributed by atoms with van der Waals surface area (Å²) in [6.07, 6.45) is 1.45. The van der Waals surface area contributed by atoms with Gasteiger partial charge in [-0.05, 0) is 39.9 Å². The van der Waals surface area contributed by atoms with Gasteiger partial charge in [-0.3, -0.25) is 0 Å². The van der Waals surface area contributed by atoms with E-state index in [1.807, 2.05) is 12.1 Å². The van der Waals surface area contributed by atoms with Crippen LogP contribution in [-0.2, 0) is 0 Å². The van der Waals surface area contributed by atoms with Gasteiger partial charge in [-0.1, -0.05) is 11.6 Å². The van der Waals surface area contributed by atoms with Crippen LogP contribution in [0.25, 0.3) is 5.57 Å². The number of H-pyrrole nitrogens is 1. The highest BCUT2D eigenvalue weighted by Crippen LogP contribution is 2.36. The number of rotatable bonds is 4. The maximum absolute atomic E-state index is 9.08. The molecule has 0 bridgehead atoms. The van der Waals surface area contributed by atoms with Crippen LogP contribution in [0.4, 0.5) is 5.69 Å². The normalized spacial score (nSPS) is 11.0. The Morgan fingerprint density at radius 3 is 3.00 bits per heavy atom. The van der Waals surface area contributed by atoms with Crippen LogP contribution in [0.5, 0.6) is 5.75 Å². The molecule has 0 radical (unpaired) electrons. The number of hydrogen-bond donors (Lipinski definition) is 2. The first-order valence-electron chi connectivity index (χ1n) is 5.30. The summed E-state index contributed by atoms with van der Waals surface area (Å²) in [5.74, 6) is 0.792. The van der Waals surface area contributed by atoms with Crippen LogP contribution >= 0.6 is 34.2 Å². The Hall–Kier alpha value is -1.86. The maximum Gasteiger partial charge on any atom is 0.216 e. The van der Waals surface area contributed by atoms with Gasteiger partial charge < -0.3 is 10.1 Å². The second-order valence-corrected chi connectivity index (χ2v) is 5.06. The van der Waals surface area contributed by atoms with Crippen molar-refractivity contribution in [3.8, 4) is 11.8 Å². The summed E-state index contributed by atoms with van der Waals surface area (Å²) in [4.78, 5) is 0. The second kappa shape index (κ2) is 6.53. The molecule has 2 rings (SSSR count). The van der Waals surface area contributed by atoms with E-state index in [0.29, 0.717) is 16.5 Å². The molecule has 2 N–H and O–H groups in total. The number of nitrogens with one attached hydrogen (secondary N) is 2. The zero-order valence-corrected chi connectivity index (χ0v) is 13.1. The van der Waals surface area contributed by atoms with Crippen molar-refractivity contribution < 1.29 is 4.74 Å². The molecule has 0 aliphatic heterocycles. The number of nitrogens with zero attached hydrogens (tertiary/aromatic N) is 4. The molecule has 0 amide bonds. The molecule has 0 saturated heterocycles. The first kappa shape index (κ1) is 14.5. The van der Waals surface area contributed by atoms with Gasteiger partial charge in [-0.2, -0.15) is 10.5 Å². The Bertz CT molecular complexity index is 679. The molecule has 0 spiro atoms. The molecule has 0 saturated carbocycles. The van der Waals surface area contributed by atoms with Crippen LogP contribution in [0.2, 0.25) is 5.02 Å². The SMILES string of the molecule is COc1c(I)ccc(Cl)c1NC=C(C#N)c1nn[nH]n1. The predicted octanol–water partition coefficient (Wildman–Crippen LogP) is 2.44. The van der Waals surface area contributed by atoms with E-state index in [2.05, 4.69) is 48.5 Å². The first-order chi connectivity index (χ1) is 9.67. The molecular weight excluding hydrogens is 395 g/mol. The molecule has 20 heavy (non-hydrogen) atoms. The van der Waals surface area contributed by atoms with Crippen LogP contribution in [0, 0.1) is 14.9 Å². The lowest BCUT2D eigenvalue weighted by Crippen LogP contribution is -1.98. The van der Waals surface area contributed by atoms with Crippen molar-refractivity contribution in [1.29, 1.82) is 5.26 Å². The van der Waals surface area contributed by atoms with Crippen LogP contribution in [0.15, 0.2) is 18.3 Å². The Morgan fingerprint density at radius 2 is 2.40 bits per heavy atom. The summed E-state index contributed by atoms with van der Waals surface area (Å²) in [6, 6.07) is 5.55. The third kappa shape index (κ3) is 3.00. The smallest absolute Gasteiger partial charge is 0.216 e. The van der Waals surface area contributed by atoms with Crippen LogP contribution in [-0.4, -0.2) is 27.7 Å². The molecule has 102 valence electrons. The standard InChI is InChI=1S/C11H8ClIN6O/c1-20-10-8(13)3-2-7(12)9(10)15-5-6(4-14)11-16-18-19-17-11/h2-3,5,15H,1H3,(H,16,17,18,19). The van der Waals surface area contributed by atoms with Crippen molar-refractivity contribution in [2.24, 2.45) is 0 Å². The van der Waals surface area contributed by atoms with E-state index in [4.69, 9.17) is 21.6 Å². The van der Waals surface area contributed by atoms with E-state index in [1.54, 1.807) is 13.2 Å². The summed E-state index contributed by atoms with van der Waals surface area (Å²) in [5, 5.41) is 25.7. The molecule has 0 atom stereocenters. The summed E-state index contributed by atoms with van der Waals surface area (Å²) in [5.41, 5.74) is 0.785. The molecular formula is C11H8ClIN6O. The summed E-state index contributed by atoms with van der Waals surface area (Å²) in [7, 11) is 1.55. The quantitative estimate of drug-likeness (QED) is 0.602. The minimum Gasteiger partial charge on any atom is -0.493 e. The number of allylic oxidation sites excluding steroid dienone is 1. The molecule has 9 heteroatoms. The highest BCUT2D eigenvalue weighted by atomic mass is 127. The zero-order chi connectivity index (χ0) is 14.5. The fourth-order valence-corrected chi connectivity index (χ4v) is 2.31. The largest absolute Gasteiger partial charge is 0.493 e. The van der Waals surface area contributed by atoms with E-state index >= 15 is 0 Å². The minimum atomic E-state index is 0.195. The van der Waals surface area contributed by atoms with Gasteiger partial charge in [-0.25, -0.2) is 0 Å². The van der Waals surface area contributed by atoms with Gasteiger partial charge in [0.2, 0.25) is 5.82 Å². The van der Waals surface area contributed by atoms with E-state index < -0.39 is 0 Å². The lowest BCUT2D eigenvalue weighted by atomic mass is 10.2. The Kier molecular flexibility index (Phi) is 4.75. The van der Waals surface area contributed by atoms with E-state index in [9.17, 15) is 0 Å². The molecule has 1 aromatic carbocycles. The van der Waals surface area contributed by atoms with Crippen LogP contribution in [0.1, 0.15) is 5.82 Å². The van der Waals surface area contributed by atoms with Crippen molar-refractivity contribution in [2.75, 3.05) is 12.4 Å². The van der Waals surface area contributed by atoms with Gasteiger partial charge in [0.15, 0.2) is 5.75 Å². The van der Waals surface area contributed by atoms with Crippen LogP contribution in [0.3, 0.4) is 0 Å². The van der Waals surface area contributed by atoms with Gasteiger partial charge in [0.05, 0.1) is 15.7 Å². The van der Waals surface area contributed by atoms with E-state index in [-0.39, 0.29) is 11.4 Å². The zero-order valence-electron chi connectivity index (χ0n) is 10.2. The highest BCUT2D eigenvalue weighted by molar-refractivity contribution is 14.1. The molecule has 0 aliphatic carbocycles. The average molecular weight is 403 g/mol. The number of methoxy groups -OCH3 is 1. The molecule has 2 aromatic rings. The first-order valence-corrected chi connectivity index (χ1v) is 6.75. The molecule has 0 unspecified atom stereocenters. The number of aromatic amines is 1. The molecule has 0 fully saturated rings. The van der Waals surface area contributed by atoms with Crippen LogP contribution < -0.4 is 10.1 Å². The summed E-state index contributed by atoms with van der Waals surface area (Å²) in [6.45, 7) is 0. The average Bonchev–Trinajstić information content (AvgIpc) is 2.97. The van der Waals surface area contributed by atoms with E-state index in [1.165, 1.54) is 6.20 Å². The number of hydrogen-bond acceptors (Lipinski definition) is 6. The molecule has 1 heterocycles. The topological polar surface area (TPSA) is 99.5 Å². The van der Waals surface area contributed by atoms with Gasteiger partial charge in [0.25, 0.3) is 0 Å². The Labute approximate surface area is 133 Å². The number of ether oxygens (including phenoxy) is 1. The Morgan fingerprint density at radius 1 is 1.60 bits per heavy atom. The number of anilines is 1. The highest BCUT2D eigenvalue weighted by Gasteiger charge is 2.12. The number of halogens is 2. The number of tetrazole rings is 1. The predicted molar refractivity (Wildman–Crippen MR) is 82.1 cm³/mol. The fourth-order valence-electron chi connectivity index (χ4n) is 1.43. The van der Waals surface area contributed by atoms with Crippen molar-refractivity contribution >= 4 is 45.5 Å². The lowest BCUT2D eigenvalue weighted by molar-refractivity contribution is 0.414. The number of nitriles is 1. The molecule has 0 aliphatic rings. The van der Waals surface area contributed by atoms with Crippen molar-refractivity contribution in [3.05, 3.63) is 32.7 Å². The van der Waals surface area contributed by atoms with Gasteiger partial charge in [-0.15, -0.1) is 10.2 Å². The fraction of sp³-hybridized carbons (Fsp3) is 0.0909. The Balaban J connectivity index is 2.36. The van der Waals surface area contributed by atoms with Gasteiger partial charge >= 0.3 is 0 Å². The molecule has 7 nitrogen and oxygen atoms in total. The van der Waals surface area contributed by atoms with Gasteiger partial charge in [0.1, 0.15) is 17.3 Å². The van der Waals surface area contributed by atoms with Crippen molar-refractivity contribution in [2.45, 2.75) is 0 Å². The van der Waals surface area contributed by atoms with Crippen molar-refractivity contribution in [1.82, 2.24) is 20.6 Å². The van der Waals surface area contributed by atoms with Crippen molar-refractivity contribution in [3.63, 3.8) is 0 Å². The summed E-state index contributed by atoms with van der Waals surface area (Å²) >= 11 is 8.25. The lowest BCUT2D eigenvalue weighted by Gasteiger charge is -2.12. The van der Waals surface area contributed by atoms with E-state index in [0.717, 1.165) is 3.57 Å². The number of aromatic nitrogens is 4. The monoisotopic (exact) mass is 402 g/mol. The third-order valence-electron chi connectivity index (χ3n) is 2.33. The van der Waals surface area contributed by atoms with Gasteiger partial charge in [0, 0.05) is 6.20 Å². The molecule has 1 aromatic heterocycles. The number of benzene rings is 1. The summed E-state index contributed by atoms with van der Waals surface area (Å²) < 4.78 is 6.19. The second-order valence-electron chi connectivity index (χ2n) is 3.49. The maximum atomic E-state index is 9.08. The minimum absolute atomic E-state index is 0.195. The third-order valence-corrected chi connectivity index (χ3v) is 3.49.